The highest BCUT2D eigenvalue weighted by molar-refractivity contribution is 4.61. The highest BCUT2D eigenvalue weighted by Crippen LogP contribution is 2.08. The van der Waals surface area contributed by atoms with E-state index in [1.165, 1.54) is 6.42 Å². The van der Waals surface area contributed by atoms with E-state index >= 15 is 0 Å². The summed E-state index contributed by atoms with van der Waals surface area (Å²) in [5.41, 5.74) is 0.0153. The highest BCUT2D eigenvalue weighted by atomic mass is 16.5. The van der Waals surface area contributed by atoms with E-state index in [4.69, 9.17) is 4.74 Å². The Labute approximate surface area is 83.1 Å². The van der Waals surface area contributed by atoms with Crippen LogP contribution < -0.4 is 5.32 Å². The summed E-state index contributed by atoms with van der Waals surface area (Å²) in [7, 11) is 0. The van der Waals surface area contributed by atoms with Crippen molar-refractivity contribution in [3.05, 3.63) is 0 Å². The lowest BCUT2D eigenvalue weighted by Gasteiger charge is -2.20. The molecule has 0 saturated heterocycles. The fourth-order valence-corrected chi connectivity index (χ4v) is 1.22. The smallest absolute Gasteiger partial charge is 0.0598 e. The Bertz CT molecular complexity index is 118. The highest BCUT2D eigenvalue weighted by Gasteiger charge is 2.09. The lowest BCUT2D eigenvalue weighted by molar-refractivity contribution is -0.00522. The summed E-state index contributed by atoms with van der Waals surface area (Å²) in [6, 6.07) is 0.619. The summed E-state index contributed by atoms with van der Waals surface area (Å²) < 4.78 is 5.63. The van der Waals surface area contributed by atoms with Crippen LogP contribution in [0.3, 0.4) is 0 Å². The summed E-state index contributed by atoms with van der Waals surface area (Å²) >= 11 is 0. The van der Waals surface area contributed by atoms with E-state index in [0.717, 1.165) is 19.6 Å². The minimum atomic E-state index is 0.0153. The molecular weight excluding hydrogens is 162 g/mol. The van der Waals surface area contributed by atoms with Crippen molar-refractivity contribution in [3.8, 4) is 0 Å². The molecule has 13 heavy (non-hydrogen) atoms. The normalized spacial score (nSPS) is 14.5. The number of ether oxygens (including phenoxy) is 1. The maximum absolute atomic E-state index is 5.63. The van der Waals surface area contributed by atoms with Gasteiger partial charge in [-0.3, -0.25) is 0 Å². The Morgan fingerprint density at radius 2 is 1.92 bits per heavy atom. The van der Waals surface area contributed by atoms with Crippen LogP contribution in [0.5, 0.6) is 0 Å². The first-order valence-electron chi connectivity index (χ1n) is 5.33. The van der Waals surface area contributed by atoms with E-state index < -0.39 is 0 Å². The lowest BCUT2D eigenvalue weighted by Crippen LogP contribution is -2.26. The maximum atomic E-state index is 5.63. The molecule has 0 aromatic heterocycles. The summed E-state index contributed by atoms with van der Waals surface area (Å²) in [5, 5.41) is 3.39. The Morgan fingerprint density at radius 3 is 2.38 bits per heavy atom. The molecule has 80 valence electrons. The van der Waals surface area contributed by atoms with Gasteiger partial charge in [0.25, 0.3) is 0 Å². The monoisotopic (exact) mass is 187 g/mol. The Balaban J connectivity index is 3.25. The molecule has 0 aliphatic heterocycles. The van der Waals surface area contributed by atoms with Gasteiger partial charge in [-0.2, -0.15) is 0 Å². The predicted molar refractivity (Wildman–Crippen MR) is 58.1 cm³/mol. The molecule has 0 bridgehead atoms. The van der Waals surface area contributed by atoms with Crippen molar-refractivity contribution in [1.82, 2.24) is 5.32 Å². The summed E-state index contributed by atoms with van der Waals surface area (Å²) in [6.45, 7) is 12.6. The first-order chi connectivity index (χ1) is 5.95. The largest absolute Gasteiger partial charge is 0.376 e. The van der Waals surface area contributed by atoms with E-state index in [2.05, 4.69) is 39.9 Å². The van der Waals surface area contributed by atoms with Gasteiger partial charge in [0.15, 0.2) is 0 Å². The maximum Gasteiger partial charge on any atom is 0.0598 e. The average molecular weight is 187 g/mol. The van der Waals surface area contributed by atoms with Crippen molar-refractivity contribution in [3.63, 3.8) is 0 Å². The fraction of sp³-hybridized carbons (Fsp3) is 1.00. The van der Waals surface area contributed by atoms with E-state index in [9.17, 15) is 0 Å². The van der Waals surface area contributed by atoms with Gasteiger partial charge in [0, 0.05) is 12.6 Å². The van der Waals surface area contributed by atoms with Crippen LogP contribution in [0.1, 0.15) is 47.5 Å². The number of hydrogen-bond donors (Lipinski definition) is 1. The average Bonchev–Trinajstić information content (AvgIpc) is 1.97. The van der Waals surface area contributed by atoms with Gasteiger partial charge in [0.2, 0.25) is 0 Å². The summed E-state index contributed by atoms with van der Waals surface area (Å²) in [4.78, 5) is 0. The van der Waals surface area contributed by atoms with Crippen LogP contribution in [0.2, 0.25) is 0 Å². The van der Waals surface area contributed by atoms with Crippen LogP contribution in [0, 0.1) is 0 Å². The quantitative estimate of drug-likeness (QED) is 0.645. The van der Waals surface area contributed by atoms with Crippen molar-refractivity contribution >= 4 is 0 Å². The van der Waals surface area contributed by atoms with Crippen LogP contribution in [0.15, 0.2) is 0 Å². The van der Waals surface area contributed by atoms with Crippen LogP contribution in [0.4, 0.5) is 0 Å². The minimum Gasteiger partial charge on any atom is -0.376 e. The third kappa shape index (κ3) is 9.84. The van der Waals surface area contributed by atoms with Crippen LogP contribution >= 0.6 is 0 Å². The molecule has 2 heteroatoms. The topological polar surface area (TPSA) is 21.3 Å². The van der Waals surface area contributed by atoms with Gasteiger partial charge in [0.05, 0.1) is 5.60 Å². The van der Waals surface area contributed by atoms with E-state index in [1.54, 1.807) is 0 Å². The summed E-state index contributed by atoms with van der Waals surface area (Å²) in [6.07, 6.45) is 2.34. The molecule has 0 aromatic carbocycles. The zero-order chi connectivity index (χ0) is 10.3. The second-order valence-corrected chi connectivity index (χ2v) is 4.56. The molecule has 0 radical (unpaired) electrons. The molecule has 0 aliphatic carbocycles. The zero-order valence-corrected chi connectivity index (χ0v) is 9.81. The molecule has 0 aromatic rings. The molecular formula is C11H25NO. The minimum absolute atomic E-state index is 0.0153. The third-order valence-electron chi connectivity index (χ3n) is 1.87. The van der Waals surface area contributed by atoms with Crippen LogP contribution in [-0.2, 0) is 4.74 Å². The Kier molecular flexibility index (Phi) is 6.35. The number of hydrogen-bond acceptors (Lipinski definition) is 2. The second kappa shape index (κ2) is 6.39. The molecule has 0 heterocycles. The fourth-order valence-electron chi connectivity index (χ4n) is 1.22. The lowest BCUT2D eigenvalue weighted by atomic mass is 10.1. The molecule has 0 amide bonds. The van der Waals surface area contributed by atoms with Gasteiger partial charge in [-0.15, -0.1) is 0 Å². The molecule has 0 saturated carbocycles. The van der Waals surface area contributed by atoms with Crippen LogP contribution in [-0.4, -0.2) is 24.8 Å². The van der Waals surface area contributed by atoms with Crippen molar-refractivity contribution in [2.45, 2.75) is 59.1 Å². The van der Waals surface area contributed by atoms with Gasteiger partial charge in [-0.05, 0) is 47.1 Å². The first kappa shape index (κ1) is 12.9. The van der Waals surface area contributed by atoms with Crippen molar-refractivity contribution in [2.75, 3.05) is 13.2 Å². The number of nitrogens with one attached hydrogen (secondary N) is 1. The molecule has 0 fully saturated rings. The molecule has 1 unspecified atom stereocenters. The summed E-state index contributed by atoms with van der Waals surface area (Å²) in [5.74, 6) is 0. The molecule has 1 N–H and O–H groups in total. The van der Waals surface area contributed by atoms with Gasteiger partial charge >= 0.3 is 0 Å². The van der Waals surface area contributed by atoms with Gasteiger partial charge in [0.1, 0.15) is 0 Å². The van der Waals surface area contributed by atoms with Crippen molar-refractivity contribution in [2.24, 2.45) is 0 Å². The molecule has 0 rings (SSSR count). The SMILES string of the molecule is CCNC(C)CCCOC(C)(C)C. The standard InChI is InChI=1S/C11H25NO/c1-6-12-10(2)8-7-9-13-11(3,4)5/h10,12H,6-9H2,1-5H3. The van der Waals surface area contributed by atoms with Gasteiger partial charge < -0.3 is 10.1 Å². The van der Waals surface area contributed by atoms with E-state index in [0.29, 0.717) is 6.04 Å². The molecule has 2 nitrogen and oxygen atoms in total. The van der Waals surface area contributed by atoms with Gasteiger partial charge in [-0.25, -0.2) is 0 Å². The first-order valence-corrected chi connectivity index (χ1v) is 5.33. The Hall–Kier alpha value is -0.0800. The molecule has 0 spiro atoms. The zero-order valence-electron chi connectivity index (χ0n) is 9.81. The Morgan fingerprint density at radius 1 is 1.31 bits per heavy atom. The number of rotatable bonds is 6. The molecule has 1 atom stereocenters. The van der Waals surface area contributed by atoms with Crippen LogP contribution in [0.25, 0.3) is 0 Å². The van der Waals surface area contributed by atoms with E-state index in [1.807, 2.05) is 0 Å². The van der Waals surface area contributed by atoms with Crippen molar-refractivity contribution < 1.29 is 4.74 Å². The molecule has 0 aliphatic rings. The van der Waals surface area contributed by atoms with Crippen molar-refractivity contribution in [1.29, 1.82) is 0 Å². The predicted octanol–water partition coefficient (Wildman–Crippen LogP) is 2.58. The van der Waals surface area contributed by atoms with Gasteiger partial charge in [-0.1, -0.05) is 6.92 Å². The van der Waals surface area contributed by atoms with E-state index in [-0.39, 0.29) is 5.60 Å². The second-order valence-electron chi connectivity index (χ2n) is 4.56. The third-order valence-corrected chi connectivity index (χ3v) is 1.87.